The predicted octanol–water partition coefficient (Wildman–Crippen LogP) is 6.33. The lowest BCUT2D eigenvalue weighted by Gasteiger charge is -2.41. The Morgan fingerprint density at radius 2 is 1.67 bits per heavy atom. The van der Waals surface area contributed by atoms with Crippen molar-refractivity contribution in [3.05, 3.63) is 124 Å². The lowest BCUT2D eigenvalue weighted by atomic mass is 9.85. The fraction of sp³-hybridized carbons (Fsp3) is 0.281. The number of rotatable bonds is 12. The van der Waals surface area contributed by atoms with Crippen molar-refractivity contribution in [3.8, 4) is 0 Å². The lowest BCUT2D eigenvalue weighted by Crippen LogP contribution is -2.55. The molecule has 9 nitrogen and oxygen atoms in total. The van der Waals surface area contributed by atoms with Gasteiger partial charge in [0.05, 0.1) is 11.3 Å². The quantitative estimate of drug-likeness (QED) is 0.0868. The van der Waals surface area contributed by atoms with Crippen LogP contribution in [0.25, 0.3) is 0 Å². The molecular weight excluding hydrogens is 548 g/mol. The fourth-order valence-corrected chi connectivity index (χ4v) is 5.34. The summed E-state index contributed by atoms with van der Waals surface area (Å²) in [5.74, 6) is -0.235. The van der Waals surface area contributed by atoms with E-state index in [9.17, 15) is 14.9 Å². The van der Waals surface area contributed by atoms with Crippen LogP contribution in [0.1, 0.15) is 49.9 Å². The van der Waals surface area contributed by atoms with Crippen molar-refractivity contribution in [3.63, 3.8) is 0 Å². The molecule has 2 N–H and O–H groups in total. The molecule has 4 aromatic rings. The average molecular weight is 585 g/mol. The van der Waals surface area contributed by atoms with Crippen molar-refractivity contribution in [2.45, 2.75) is 52.4 Å². The number of benzene rings is 3. The van der Waals surface area contributed by atoms with Gasteiger partial charge in [0.1, 0.15) is 6.17 Å². The van der Waals surface area contributed by atoms with E-state index < -0.39 is 11.1 Å². The molecule has 0 fully saturated rings. The van der Waals surface area contributed by atoms with E-state index >= 15 is 0 Å². The highest BCUT2D eigenvalue weighted by Crippen LogP contribution is 2.34. The summed E-state index contributed by atoms with van der Waals surface area (Å²) in [6, 6.07) is 26.3. The number of nitro benzene ring substituents is 1. The van der Waals surface area contributed by atoms with Gasteiger partial charge in [-0.15, -0.1) is 0 Å². The van der Waals surface area contributed by atoms with E-state index in [1.807, 2.05) is 76.3 Å². The first kappa shape index (κ1) is 30.4. The monoisotopic (exact) mass is 584 g/mol. The van der Waals surface area contributed by atoms with E-state index in [0.29, 0.717) is 18.2 Å². The zero-order valence-corrected chi connectivity index (χ0v) is 24.8. The van der Waals surface area contributed by atoms with Gasteiger partial charge in [-0.1, -0.05) is 80.9 Å². The number of para-hydroxylation sites is 1. The standard InChI is InChI=1S/C32H36N6O3S/c1-4-23(2)30(29-19-33-22-36(29)20-26-15-17-28(18-16-26)38(40)41)31(34-24(3)39)37(21-25-11-7-5-8-12-25)32(42)35-27-13-9-6-10-14-27/h5-19,22-23,30-31H,4,20-21H2,1-3H3,(H,34,39)(H,35,42)/t23-,30-,31?/m0/s1. The van der Waals surface area contributed by atoms with Crippen LogP contribution in [0.15, 0.2) is 97.5 Å². The van der Waals surface area contributed by atoms with Crippen LogP contribution in [0.3, 0.4) is 0 Å². The summed E-state index contributed by atoms with van der Waals surface area (Å²) in [6.45, 7) is 6.74. The van der Waals surface area contributed by atoms with Gasteiger partial charge < -0.3 is 20.1 Å². The SMILES string of the molecule is CC[C@H](C)[C@@H](c1cncn1Cc1ccc([N+](=O)[O-])cc1)C(NC(C)=O)N(Cc1ccccc1)C(=S)Nc1ccccc1. The van der Waals surface area contributed by atoms with Gasteiger partial charge >= 0.3 is 0 Å². The molecule has 4 rings (SSSR count). The highest BCUT2D eigenvalue weighted by Gasteiger charge is 2.36. The highest BCUT2D eigenvalue weighted by molar-refractivity contribution is 7.80. The maximum atomic E-state index is 12.8. The molecule has 0 saturated heterocycles. The van der Waals surface area contributed by atoms with E-state index in [2.05, 4.69) is 29.5 Å². The number of nitrogens with zero attached hydrogens (tertiary/aromatic N) is 4. The predicted molar refractivity (Wildman–Crippen MR) is 169 cm³/mol. The van der Waals surface area contributed by atoms with Crippen LogP contribution < -0.4 is 10.6 Å². The number of thiocarbonyl (C=S) groups is 1. The second-order valence-corrected chi connectivity index (χ2v) is 10.7. The average Bonchev–Trinajstić information content (AvgIpc) is 3.43. The summed E-state index contributed by atoms with van der Waals surface area (Å²) in [6.07, 6.45) is 3.94. The number of hydrogen-bond donors (Lipinski definition) is 2. The lowest BCUT2D eigenvalue weighted by molar-refractivity contribution is -0.384. The van der Waals surface area contributed by atoms with Crippen LogP contribution in [0, 0.1) is 16.0 Å². The molecule has 0 radical (unpaired) electrons. The Balaban J connectivity index is 1.76. The fourth-order valence-electron chi connectivity index (χ4n) is 5.04. The second kappa shape index (κ2) is 14.4. The Labute approximate surface area is 251 Å². The van der Waals surface area contributed by atoms with Crippen LogP contribution in [0.4, 0.5) is 11.4 Å². The molecule has 3 atom stereocenters. The second-order valence-electron chi connectivity index (χ2n) is 10.3. The Kier molecular flexibility index (Phi) is 10.4. The number of imidazole rings is 1. The summed E-state index contributed by atoms with van der Waals surface area (Å²) in [5.41, 5.74) is 3.78. The smallest absolute Gasteiger partial charge is 0.269 e. The summed E-state index contributed by atoms with van der Waals surface area (Å²) in [7, 11) is 0. The summed E-state index contributed by atoms with van der Waals surface area (Å²) >= 11 is 6.01. The molecule has 0 aliphatic heterocycles. The maximum absolute atomic E-state index is 12.8. The molecule has 1 heterocycles. The van der Waals surface area contributed by atoms with Crippen LogP contribution in [-0.2, 0) is 17.9 Å². The molecule has 218 valence electrons. The molecule has 0 spiro atoms. The number of carbonyl (C=O) groups excluding carboxylic acids is 1. The zero-order chi connectivity index (χ0) is 30.1. The molecule has 42 heavy (non-hydrogen) atoms. The molecule has 1 aromatic heterocycles. The normalized spacial score (nSPS) is 13.0. The van der Waals surface area contributed by atoms with Crippen LogP contribution in [0.5, 0.6) is 0 Å². The first-order valence-corrected chi connectivity index (χ1v) is 14.3. The molecule has 0 aliphatic rings. The number of nitro groups is 1. The van der Waals surface area contributed by atoms with E-state index in [4.69, 9.17) is 12.2 Å². The summed E-state index contributed by atoms with van der Waals surface area (Å²) < 4.78 is 2.04. The van der Waals surface area contributed by atoms with Gasteiger partial charge in [-0.25, -0.2) is 4.98 Å². The van der Waals surface area contributed by atoms with Gasteiger partial charge in [-0.2, -0.15) is 0 Å². The van der Waals surface area contributed by atoms with Crippen molar-refractivity contribution in [1.82, 2.24) is 19.8 Å². The van der Waals surface area contributed by atoms with Crippen molar-refractivity contribution in [2.24, 2.45) is 5.92 Å². The topological polar surface area (TPSA) is 105 Å². The van der Waals surface area contributed by atoms with E-state index in [-0.39, 0.29) is 23.4 Å². The van der Waals surface area contributed by atoms with Crippen LogP contribution in [-0.4, -0.2) is 36.6 Å². The summed E-state index contributed by atoms with van der Waals surface area (Å²) in [4.78, 5) is 30.0. The number of nitrogens with one attached hydrogen (secondary N) is 2. The maximum Gasteiger partial charge on any atom is 0.269 e. The molecule has 0 saturated carbocycles. The van der Waals surface area contributed by atoms with Crippen LogP contribution >= 0.6 is 12.2 Å². The van der Waals surface area contributed by atoms with E-state index in [0.717, 1.165) is 28.9 Å². The third-order valence-electron chi connectivity index (χ3n) is 7.35. The summed E-state index contributed by atoms with van der Waals surface area (Å²) in [5, 5.41) is 18.2. The molecule has 0 bridgehead atoms. The Bertz CT molecular complexity index is 1480. The van der Waals surface area contributed by atoms with Gasteiger partial charge in [0, 0.05) is 55.6 Å². The van der Waals surface area contributed by atoms with Crippen molar-refractivity contribution in [1.29, 1.82) is 0 Å². The Hall–Kier alpha value is -4.57. The number of aromatic nitrogens is 2. The van der Waals surface area contributed by atoms with Crippen molar-refractivity contribution < 1.29 is 9.72 Å². The van der Waals surface area contributed by atoms with Gasteiger partial charge in [0.15, 0.2) is 5.11 Å². The molecule has 0 aliphatic carbocycles. The molecule has 1 unspecified atom stereocenters. The van der Waals surface area contributed by atoms with Crippen LogP contribution in [0.2, 0.25) is 0 Å². The van der Waals surface area contributed by atoms with Crippen molar-refractivity contribution in [2.75, 3.05) is 5.32 Å². The number of hydrogen-bond acceptors (Lipinski definition) is 5. The minimum Gasteiger partial charge on any atom is -0.335 e. The largest absolute Gasteiger partial charge is 0.335 e. The van der Waals surface area contributed by atoms with E-state index in [1.54, 1.807) is 18.5 Å². The van der Waals surface area contributed by atoms with Gasteiger partial charge in [0.2, 0.25) is 5.91 Å². The van der Waals surface area contributed by atoms with Crippen molar-refractivity contribution >= 4 is 34.6 Å². The van der Waals surface area contributed by atoms with Gasteiger partial charge in [-0.3, -0.25) is 14.9 Å². The first-order valence-electron chi connectivity index (χ1n) is 13.9. The minimum absolute atomic E-state index is 0.0452. The molecule has 1 amide bonds. The Morgan fingerprint density at radius 3 is 2.26 bits per heavy atom. The zero-order valence-electron chi connectivity index (χ0n) is 24.0. The first-order chi connectivity index (χ1) is 20.3. The van der Waals surface area contributed by atoms with E-state index in [1.165, 1.54) is 19.1 Å². The van der Waals surface area contributed by atoms with Gasteiger partial charge in [0.25, 0.3) is 5.69 Å². The molecule has 3 aromatic carbocycles. The minimum atomic E-state index is -0.506. The third kappa shape index (κ3) is 7.79. The number of non-ortho nitro benzene ring substituents is 1. The van der Waals surface area contributed by atoms with Gasteiger partial charge in [-0.05, 0) is 41.4 Å². The number of amides is 1. The molecule has 10 heteroatoms. The molecular formula is C32H36N6O3S. The third-order valence-corrected chi connectivity index (χ3v) is 7.69. The number of anilines is 1. The highest BCUT2D eigenvalue weighted by atomic mass is 32.1. The number of carbonyl (C=O) groups is 1. The Morgan fingerprint density at radius 1 is 1.02 bits per heavy atom.